The Hall–Kier alpha value is -3.47. The van der Waals surface area contributed by atoms with Crippen LogP contribution in [0.15, 0.2) is 124 Å². The molecule has 0 saturated heterocycles. The Morgan fingerprint density at radius 1 is 0.886 bits per heavy atom. The molecule has 0 radical (unpaired) electrons. The number of carbonyl (C=O) groups is 2. The van der Waals surface area contributed by atoms with Gasteiger partial charge in [-0.05, 0) is 71.6 Å². The number of carbonyl (C=O) groups excluding carboxylic acids is 2. The van der Waals surface area contributed by atoms with Crippen molar-refractivity contribution in [2.45, 2.75) is 35.9 Å². The van der Waals surface area contributed by atoms with E-state index in [0.29, 0.717) is 25.6 Å². The van der Waals surface area contributed by atoms with Gasteiger partial charge in [0, 0.05) is 26.5 Å². The minimum Gasteiger partial charge on any atom is -0.368 e. The summed E-state index contributed by atoms with van der Waals surface area (Å²) in [6.45, 7) is 0. The van der Waals surface area contributed by atoms with Crippen LogP contribution in [0.5, 0.6) is 0 Å². The molecule has 3 atom stereocenters. The highest BCUT2D eigenvalue weighted by molar-refractivity contribution is 9.10. The van der Waals surface area contributed by atoms with Gasteiger partial charge in [-0.3, -0.25) is 9.59 Å². The number of nitrogens with zero attached hydrogens (tertiary/aromatic N) is 1. The summed E-state index contributed by atoms with van der Waals surface area (Å²) in [5.74, 6) is -1.33. The first-order valence-electron chi connectivity index (χ1n) is 13.7. The number of nitrogens with two attached hydrogens (primary N) is 1. The summed E-state index contributed by atoms with van der Waals surface area (Å²) in [6, 6.07) is 26.3. The van der Waals surface area contributed by atoms with Crippen LogP contribution in [0, 0.1) is 0 Å². The predicted octanol–water partition coefficient (Wildman–Crippen LogP) is 6.77. The number of sulfonamides is 1. The first-order chi connectivity index (χ1) is 21.0. The molecule has 44 heavy (non-hydrogen) atoms. The summed E-state index contributed by atoms with van der Waals surface area (Å²) < 4.78 is 31.2. The van der Waals surface area contributed by atoms with Crippen LogP contribution in [0.25, 0.3) is 0 Å². The number of primary amides is 1. The minimum atomic E-state index is -4.25. The molecule has 0 saturated carbocycles. The Morgan fingerprint density at radius 3 is 2.11 bits per heavy atom. The van der Waals surface area contributed by atoms with Crippen LogP contribution in [-0.2, 0) is 26.0 Å². The third-order valence-electron chi connectivity index (χ3n) is 7.40. The van der Waals surface area contributed by atoms with E-state index < -0.39 is 40.0 Å². The molecule has 3 unspecified atom stereocenters. The molecule has 4 aromatic carbocycles. The van der Waals surface area contributed by atoms with Gasteiger partial charge in [0.1, 0.15) is 6.04 Å². The van der Waals surface area contributed by atoms with Crippen molar-refractivity contribution in [3.63, 3.8) is 0 Å². The van der Waals surface area contributed by atoms with Crippen molar-refractivity contribution in [3.05, 3.63) is 146 Å². The molecule has 1 aliphatic heterocycles. The third kappa shape index (κ3) is 7.08. The molecule has 0 aromatic heterocycles. The van der Waals surface area contributed by atoms with Gasteiger partial charge in [0.05, 0.1) is 17.0 Å². The molecule has 0 aliphatic carbocycles. The van der Waals surface area contributed by atoms with E-state index in [2.05, 4.69) is 21.2 Å². The fraction of sp³-hybridized carbons (Fsp3) is 0.152. The number of hydrogen-bond donors (Lipinski definition) is 2. The molecule has 5 rings (SSSR count). The number of benzene rings is 4. The van der Waals surface area contributed by atoms with Crippen LogP contribution in [0.2, 0.25) is 10.0 Å². The molecule has 4 aromatic rings. The predicted molar refractivity (Wildman–Crippen MR) is 176 cm³/mol. The monoisotopic (exact) mass is 711 g/mol. The Kier molecular flexibility index (Phi) is 9.92. The van der Waals surface area contributed by atoms with Crippen LogP contribution in [0.3, 0.4) is 0 Å². The fourth-order valence-electron chi connectivity index (χ4n) is 5.34. The van der Waals surface area contributed by atoms with E-state index in [9.17, 15) is 18.0 Å². The molecule has 0 fully saturated rings. The van der Waals surface area contributed by atoms with Crippen LogP contribution in [-0.4, -0.2) is 30.6 Å². The summed E-state index contributed by atoms with van der Waals surface area (Å²) in [6.07, 6.45) is 2.04. The Labute approximate surface area is 274 Å². The largest absolute Gasteiger partial charge is 0.368 e. The first-order valence-corrected chi connectivity index (χ1v) is 16.7. The highest BCUT2D eigenvalue weighted by Crippen LogP contribution is 2.46. The molecule has 0 spiro atoms. The third-order valence-corrected chi connectivity index (χ3v) is 10.3. The van der Waals surface area contributed by atoms with Gasteiger partial charge in [-0.25, -0.2) is 8.42 Å². The number of hydrogen-bond acceptors (Lipinski definition) is 4. The number of nitrogens with one attached hydrogen (secondary N) is 1. The molecule has 0 bridgehead atoms. The highest BCUT2D eigenvalue weighted by Gasteiger charge is 2.45. The van der Waals surface area contributed by atoms with Gasteiger partial charge >= 0.3 is 0 Å². The number of amides is 2. The van der Waals surface area contributed by atoms with Gasteiger partial charge in [0.15, 0.2) is 0 Å². The smallest absolute Gasteiger partial charge is 0.249 e. The Bertz CT molecular complexity index is 1820. The van der Waals surface area contributed by atoms with Gasteiger partial charge in [-0.15, -0.1) is 0 Å². The van der Waals surface area contributed by atoms with Gasteiger partial charge in [-0.1, -0.05) is 99.8 Å². The summed E-state index contributed by atoms with van der Waals surface area (Å²) >= 11 is 16.1. The second kappa shape index (κ2) is 13.7. The lowest BCUT2D eigenvalue weighted by Gasteiger charge is -2.41. The van der Waals surface area contributed by atoms with Crippen LogP contribution < -0.4 is 11.1 Å². The topological polar surface area (TPSA) is 110 Å². The molecule has 226 valence electrons. The van der Waals surface area contributed by atoms with E-state index in [1.54, 1.807) is 66.7 Å². The van der Waals surface area contributed by atoms with E-state index in [1.165, 1.54) is 16.4 Å². The zero-order valence-corrected chi connectivity index (χ0v) is 27.2. The average Bonchev–Trinajstić information content (AvgIpc) is 3.00. The van der Waals surface area contributed by atoms with Crippen molar-refractivity contribution in [1.29, 1.82) is 0 Å². The molecule has 7 nitrogen and oxygen atoms in total. The summed E-state index contributed by atoms with van der Waals surface area (Å²) in [7, 11) is -4.25. The summed E-state index contributed by atoms with van der Waals surface area (Å²) in [5, 5.41) is 3.58. The fourth-order valence-corrected chi connectivity index (χ4v) is 7.78. The molecule has 2 amide bonds. The van der Waals surface area contributed by atoms with Gasteiger partial charge in [-0.2, -0.15) is 4.31 Å². The van der Waals surface area contributed by atoms with E-state index in [-0.39, 0.29) is 23.3 Å². The Morgan fingerprint density at radius 2 is 1.50 bits per heavy atom. The lowest BCUT2D eigenvalue weighted by Crippen LogP contribution is -2.49. The summed E-state index contributed by atoms with van der Waals surface area (Å²) in [5.41, 5.74) is 7.79. The summed E-state index contributed by atoms with van der Waals surface area (Å²) in [4.78, 5) is 26.6. The maximum Gasteiger partial charge on any atom is 0.249 e. The van der Waals surface area contributed by atoms with Crippen molar-refractivity contribution < 1.29 is 18.0 Å². The maximum absolute atomic E-state index is 14.6. The van der Waals surface area contributed by atoms with E-state index in [4.69, 9.17) is 28.9 Å². The second-order valence-electron chi connectivity index (χ2n) is 10.3. The number of halogens is 3. The SMILES string of the molecule is NC(=O)C(Cc1ccccc1)NC(=O)C1=CCC(c2cccc(Cl)c2)N(S(=O)(=O)c2ccc(Br)cc2)C1c1cccc(Cl)c1. The quantitative estimate of drug-likeness (QED) is 0.200. The van der Waals surface area contributed by atoms with Crippen LogP contribution in [0.1, 0.15) is 35.2 Å². The highest BCUT2D eigenvalue weighted by atomic mass is 79.9. The lowest BCUT2D eigenvalue weighted by molar-refractivity contribution is -0.125. The molecule has 11 heteroatoms. The molecule has 1 aliphatic rings. The second-order valence-corrected chi connectivity index (χ2v) is 14.0. The first kappa shape index (κ1) is 31.9. The van der Waals surface area contributed by atoms with E-state index in [1.807, 2.05) is 30.3 Å². The van der Waals surface area contributed by atoms with Crippen LogP contribution in [0.4, 0.5) is 0 Å². The Balaban J connectivity index is 1.65. The van der Waals surface area contributed by atoms with Gasteiger partial charge < -0.3 is 11.1 Å². The van der Waals surface area contributed by atoms with Gasteiger partial charge in [0.25, 0.3) is 0 Å². The minimum absolute atomic E-state index is 0.0421. The maximum atomic E-state index is 14.6. The van der Waals surface area contributed by atoms with Crippen molar-refractivity contribution in [3.8, 4) is 0 Å². The van der Waals surface area contributed by atoms with E-state index in [0.717, 1.165) is 5.56 Å². The van der Waals surface area contributed by atoms with Crippen molar-refractivity contribution >= 4 is 61.0 Å². The molecular weight excluding hydrogens is 685 g/mol. The average molecular weight is 713 g/mol. The molecule has 1 heterocycles. The zero-order chi connectivity index (χ0) is 31.4. The number of rotatable bonds is 9. The van der Waals surface area contributed by atoms with Crippen LogP contribution >= 0.6 is 39.1 Å². The lowest BCUT2D eigenvalue weighted by atomic mass is 9.88. The van der Waals surface area contributed by atoms with Crippen molar-refractivity contribution in [2.24, 2.45) is 5.73 Å². The zero-order valence-electron chi connectivity index (χ0n) is 23.2. The van der Waals surface area contributed by atoms with Gasteiger partial charge in [0.2, 0.25) is 21.8 Å². The molecule has 3 N–H and O–H groups in total. The molecular formula is C33H28BrCl2N3O4S. The van der Waals surface area contributed by atoms with Crippen molar-refractivity contribution in [2.75, 3.05) is 0 Å². The standard InChI is InChI=1S/C33H28BrCl2N3O4S/c34-24-12-14-27(15-13-24)44(42,43)39-30(22-8-4-10-25(35)19-22)17-16-28(31(39)23-9-5-11-26(36)20-23)33(41)38-29(32(37)40)18-21-6-2-1-3-7-21/h1-16,19-20,29-31H,17-18H2,(H2,37,40)(H,38,41). The van der Waals surface area contributed by atoms with E-state index >= 15 is 0 Å². The normalized spacial score (nSPS) is 17.8. The van der Waals surface area contributed by atoms with Crippen molar-refractivity contribution in [1.82, 2.24) is 9.62 Å².